The monoisotopic (exact) mass is 547 g/mol. The number of aromatic nitrogens is 3. The fourth-order valence-corrected chi connectivity index (χ4v) is 6.65. The quantitative estimate of drug-likeness (QED) is 0.338. The van der Waals surface area contributed by atoms with Crippen LogP contribution in [-0.4, -0.2) is 61.2 Å². The standard InChI is InChI=1S/C29H31F2N5O2Si/c1-17-5-6-19(38-27(39)25-8-12-35(25)2)16-21(17)26(37)33-29(9-10-29)22-14-18(15-24-20(22)4-3-11-32-24)23-7-13-36(34-23)28(30)31/h3-7,11,13-16,25,27-28H,8-10,12H2,1-2,39H3,(H,33,37)/t25-,27-/m0/s1. The maximum absolute atomic E-state index is 13.7. The maximum Gasteiger partial charge on any atom is 0.333 e. The Morgan fingerprint density at radius 3 is 2.69 bits per heavy atom. The van der Waals surface area contributed by atoms with E-state index in [1.165, 1.54) is 6.20 Å². The molecular weight excluding hydrogens is 516 g/mol. The molecule has 2 fully saturated rings. The molecule has 1 aliphatic heterocycles. The number of carbonyl (C=O) groups excluding carboxylic acids is 1. The van der Waals surface area contributed by atoms with Gasteiger partial charge in [-0.15, -0.1) is 0 Å². The van der Waals surface area contributed by atoms with Crippen LogP contribution in [0.5, 0.6) is 5.75 Å². The molecule has 202 valence electrons. The third-order valence-corrected chi connectivity index (χ3v) is 9.11. The zero-order valence-corrected chi connectivity index (χ0v) is 24.2. The largest absolute Gasteiger partial charge is 0.494 e. The normalized spacial score (nSPS) is 19.2. The highest BCUT2D eigenvalue weighted by atomic mass is 28.1. The second-order valence-electron chi connectivity index (χ2n) is 10.7. The number of hydrogen-bond donors (Lipinski definition) is 1. The first-order valence-corrected chi connectivity index (χ1v) is 14.4. The van der Waals surface area contributed by atoms with E-state index in [1.54, 1.807) is 12.3 Å². The number of amides is 1. The number of halogens is 2. The van der Waals surface area contributed by atoms with E-state index in [9.17, 15) is 13.6 Å². The van der Waals surface area contributed by atoms with Crippen LogP contribution in [-0.2, 0) is 5.54 Å². The molecule has 6 rings (SSSR count). The summed E-state index contributed by atoms with van der Waals surface area (Å²) in [7, 11) is 3.01. The smallest absolute Gasteiger partial charge is 0.333 e. The molecule has 1 saturated carbocycles. The Morgan fingerprint density at radius 1 is 1.21 bits per heavy atom. The summed E-state index contributed by atoms with van der Waals surface area (Å²) >= 11 is 0. The van der Waals surface area contributed by atoms with Crippen LogP contribution >= 0.6 is 0 Å². The van der Waals surface area contributed by atoms with Gasteiger partial charge in [-0.25, -0.2) is 4.68 Å². The molecule has 10 heteroatoms. The number of nitrogens with zero attached hydrogens (tertiary/aromatic N) is 4. The number of hydrogen-bond acceptors (Lipinski definition) is 5. The van der Waals surface area contributed by atoms with Crippen LogP contribution in [0.25, 0.3) is 22.2 Å². The Bertz CT molecular complexity index is 1550. The molecular formula is C29H31F2N5O2Si. The van der Waals surface area contributed by atoms with Crippen molar-refractivity contribution in [1.29, 1.82) is 0 Å². The lowest BCUT2D eigenvalue weighted by atomic mass is 9.95. The summed E-state index contributed by atoms with van der Waals surface area (Å²) in [5.74, 6) is 0.549. The number of carbonyl (C=O) groups is 1. The van der Waals surface area contributed by atoms with Crippen molar-refractivity contribution >= 4 is 27.1 Å². The fraction of sp³-hybridized carbons (Fsp3) is 0.345. The van der Waals surface area contributed by atoms with E-state index in [4.69, 9.17) is 4.74 Å². The summed E-state index contributed by atoms with van der Waals surface area (Å²) in [6.45, 7) is 0.305. The molecule has 0 bridgehead atoms. The van der Waals surface area contributed by atoms with Crippen molar-refractivity contribution in [3.05, 3.63) is 77.6 Å². The SMILES string of the molecule is Cc1ccc(O[C@@H]([SiH3])[C@@H]2CCN2C)cc1C(=O)NC1(c2cc(-c3ccn(C(F)F)n3)cc3ncccc23)CC1. The molecule has 2 atom stereocenters. The molecule has 1 aliphatic carbocycles. The van der Waals surface area contributed by atoms with Crippen molar-refractivity contribution in [1.82, 2.24) is 25.0 Å². The summed E-state index contributed by atoms with van der Waals surface area (Å²) in [6.07, 6.45) is 5.64. The second kappa shape index (κ2) is 9.84. The summed E-state index contributed by atoms with van der Waals surface area (Å²) in [5.41, 5.74) is 3.81. The van der Waals surface area contributed by atoms with E-state index in [-0.39, 0.29) is 11.6 Å². The molecule has 2 aromatic heterocycles. The van der Waals surface area contributed by atoms with Crippen LogP contribution in [0.1, 0.15) is 47.3 Å². The van der Waals surface area contributed by atoms with Crippen LogP contribution in [0.2, 0.25) is 0 Å². The van der Waals surface area contributed by atoms with Gasteiger partial charge in [0.1, 0.15) is 5.75 Å². The average molecular weight is 548 g/mol. The van der Waals surface area contributed by atoms with E-state index in [1.807, 2.05) is 49.4 Å². The molecule has 0 unspecified atom stereocenters. The lowest BCUT2D eigenvalue weighted by Crippen LogP contribution is -2.53. The molecule has 39 heavy (non-hydrogen) atoms. The van der Waals surface area contributed by atoms with Gasteiger partial charge in [0.15, 0.2) is 0 Å². The first-order chi connectivity index (χ1) is 18.7. The Kier molecular flexibility index (Phi) is 6.47. The van der Waals surface area contributed by atoms with Gasteiger partial charge in [-0.1, -0.05) is 12.1 Å². The lowest BCUT2D eigenvalue weighted by molar-refractivity contribution is 0.0562. The molecule has 2 aliphatic rings. The van der Waals surface area contributed by atoms with Gasteiger partial charge in [0, 0.05) is 34.9 Å². The van der Waals surface area contributed by atoms with Crippen LogP contribution < -0.4 is 10.1 Å². The Balaban J connectivity index is 1.30. The number of pyridine rings is 1. The van der Waals surface area contributed by atoms with Gasteiger partial charge in [-0.3, -0.25) is 9.78 Å². The summed E-state index contributed by atoms with van der Waals surface area (Å²) in [4.78, 5) is 20.5. The number of alkyl halides is 2. The molecule has 3 heterocycles. The number of likely N-dealkylation sites (N-methyl/N-ethyl adjacent to an activating group) is 1. The fourth-order valence-electron chi connectivity index (χ4n) is 5.54. The summed E-state index contributed by atoms with van der Waals surface area (Å²) < 4.78 is 33.3. The topological polar surface area (TPSA) is 72.3 Å². The van der Waals surface area contributed by atoms with Gasteiger partial charge in [0.2, 0.25) is 0 Å². The van der Waals surface area contributed by atoms with Gasteiger partial charge in [0.25, 0.3) is 5.91 Å². The molecule has 1 amide bonds. The molecule has 7 nitrogen and oxygen atoms in total. The molecule has 4 aromatic rings. The number of aryl methyl sites for hydroxylation is 1. The van der Waals surface area contributed by atoms with Gasteiger partial charge >= 0.3 is 6.55 Å². The lowest BCUT2D eigenvalue weighted by Gasteiger charge is -2.41. The first kappa shape index (κ1) is 25.6. The second-order valence-corrected chi connectivity index (χ2v) is 11.9. The number of nitrogens with one attached hydrogen (secondary N) is 1. The van der Waals surface area contributed by atoms with Crippen LogP contribution in [0.3, 0.4) is 0 Å². The van der Waals surface area contributed by atoms with Crippen LogP contribution in [0, 0.1) is 6.92 Å². The number of likely N-dealkylation sites (tertiary alicyclic amines) is 1. The van der Waals surface area contributed by atoms with Crippen molar-refractivity contribution in [2.24, 2.45) is 0 Å². The summed E-state index contributed by atoms with van der Waals surface area (Å²) in [6, 6.07) is 15.4. The number of rotatable bonds is 8. The Labute approximate surface area is 228 Å². The minimum atomic E-state index is -2.71. The molecule has 1 saturated heterocycles. The highest BCUT2D eigenvalue weighted by molar-refractivity contribution is 6.11. The number of fused-ring (bicyclic) bond motifs is 1. The minimum absolute atomic E-state index is 0.160. The third kappa shape index (κ3) is 4.83. The first-order valence-electron chi connectivity index (χ1n) is 13.3. The van der Waals surface area contributed by atoms with Crippen molar-refractivity contribution in [3.63, 3.8) is 0 Å². The van der Waals surface area contributed by atoms with E-state index in [0.29, 0.717) is 33.3 Å². The number of ether oxygens (including phenoxy) is 1. The van der Waals surface area contributed by atoms with E-state index < -0.39 is 12.1 Å². The summed E-state index contributed by atoms with van der Waals surface area (Å²) in [5, 5.41) is 8.27. The predicted molar refractivity (Wildman–Crippen MR) is 149 cm³/mol. The van der Waals surface area contributed by atoms with Crippen molar-refractivity contribution in [3.8, 4) is 17.0 Å². The van der Waals surface area contributed by atoms with Crippen molar-refractivity contribution < 1.29 is 18.3 Å². The van der Waals surface area contributed by atoms with Gasteiger partial charge in [-0.05, 0) is 87.3 Å². The molecule has 1 N–H and O–H groups in total. The maximum atomic E-state index is 13.7. The van der Waals surface area contributed by atoms with Gasteiger partial charge in [-0.2, -0.15) is 13.9 Å². The zero-order chi connectivity index (χ0) is 27.3. The van der Waals surface area contributed by atoms with Crippen molar-refractivity contribution in [2.75, 3.05) is 13.6 Å². The van der Waals surface area contributed by atoms with Crippen LogP contribution in [0.4, 0.5) is 8.78 Å². The number of benzene rings is 2. The molecule has 0 spiro atoms. The van der Waals surface area contributed by atoms with Crippen molar-refractivity contribution in [2.45, 2.75) is 50.0 Å². The molecule has 2 aromatic carbocycles. The highest BCUT2D eigenvalue weighted by Gasteiger charge is 2.47. The van der Waals surface area contributed by atoms with Crippen LogP contribution in [0.15, 0.2) is 60.9 Å². The predicted octanol–water partition coefficient (Wildman–Crippen LogP) is 4.00. The average Bonchev–Trinajstić information content (AvgIpc) is 3.50. The highest BCUT2D eigenvalue weighted by Crippen LogP contribution is 2.49. The molecule has 0 radical (unpaired) electrons. The van der Waals surface area contributed by atoms with Gasteiger partial charge < -0.3 is 15.0 Å². The zero-order valence-electron chi connectivity index (χ0n) is 22.2. The van der Waals surface area contributed by atoms with E-state index in [0.717, 1.165) is 58.1 Å². The van der Waals surface area contributed by atoms with E-state index in [2.05, 4.69) is 27.3 Å². The van der Waals surface area contributed by atoms with E-state index >= 15 is 0 Å². The Morgan fingerprint density at radius 2 is 2.03 bits per heavy atom. The minimum Gasteiger partial charge on any atom is -0.494 e. The third-order valence-electron chi connectivity index (χ3n) is 8.10. The Hall–Kier alpha value is -3.63. The van der Waals surface area contributed by atoms with Gasteiger partial charge in [0.05, 0.1) is 32.7 Å².